The first-order valence-electron chi connectivity index (χ1n) is 7.03. The highest BCUT2D eigenvalue weighted by Gasteiger charge is 2.26. The summed E-state index contributed by atoms with van der Waals surface area (Å²) in [7, 11) is 1.66. The summed E-state index contributed by atoms with van der Waals surface area (Å²) in [6.45, 7) is 6.54. The molecule has 1 N–H and O–H groups in total. The van der Waals surface area contributed by atoms with Crippen molar-refractivity contribution in [2.75, 3.05) is 25.1 Å². The average molecular weight is 283 g/mol. The molecule has 2 rings (SSSR count). The summed E-state index contributed by atoms with van der Waals surface area (Å²) in [5, 5.41) is 4.28. The van der Waals surface area contributed by atoms with E-state index in [1.165, 1.54) is 5.69 Å². The van der Waals surface area contributed by atoms with Gasteiger partial charge in [-0.2, -0.15) is 0 Å². The molecule has 1 aromatic rings. The van der Waals surface area contributed by atoms with Gasteiger partial charge in [-0.05, 0) is 25.0 Å². The van der Waals surface area contributed by atoms with Gasteiger partial charge in [0.25, 0.3) is 0 Å². The summed E-state index contributed by atoms with van der Waals surface area (Å²) < 4.78 is 5.32. The van der Waals surface area contributed by atoms with Crippen LogP contribution in [0, 0.1) is 0 Å². The molecule has 2 atom stereocenters. The summed E-state index contributed by atoms with van der Waals surface area (Å²) in [6, 6.07) is 7.15. The number of halogens is 1. The van der Waals surface area contributed by atoms with Crippen molar-refractivity contribution in [3.8, 4) is 5.75 Å². The lowest BCUT2D eigenvalue weighted by Crippen LogP contribution is -2.56. The van der Waals surface area contributed by atoms with Crippen LogP contribution >= 0.6 is 11.6 Å². The quantitative estimate of drug-likeness (QED) is 0.917. The second kappa shape index (κ2) is 6.49. The molecule has 1 aliphatic rings. The molecule has 0 bridgehead atoms. The second-order valence-corrected chi connectivity index (χ2v) is 5.45. The maximum absolute atomic E-state index is 6.11. The van der Waals surface area contributed by atoms with Gasteiger partial charge in [0.15, 0.2) is 0 Å². The maximum atomic E-state index is 6.11. The second-order valence-electron chi connectivity index (χ2n) is 5.05. The molecule has 0 radical (unpaired) electrons. The summed E-state index contributed by atoms with van der Waals surface area (Å²) in [5.74, 6) is 0.751. The van der Waals surface area contributed by atoms with Gasteiger partial charge in [-0.1, -0.05) is 25.4 Å². The standard InChI is InChI=1S/C15H23ClN2O/c1-4-11-10-18(12(5-2)9-17-11)13-6-7-14(16)15(8-13)19-3/h6-8,11-12,17H,4-5,9-10H2,1-3H3. The minimum absolute atomic E-state index is 0.536. The summed E-state index contributed by atoms with van der Waals surface area (Å²) >= 11 is 6.11. The number of nitrogens with zero attached hydrogens (tertiary/aromatic N) is 1. The molecule has 0 spiro atoms. The number of hydrogen-bond acceptors (Lipinski definition) is 3. The van der Waals surface area contributed by atoms with E-state index in [0.717, 1.165) is 31.7 Å². The monoisotopic (exact) mass is 282 g/mol. The Bertz CT molecular complexity index is 425. The number of anilines is 1. The van der Waals surface area contributed by atoms with Crippen LogP contribution in [0.25, 0.3) is 0 Å². The molecule has 4 heteroatoms. The highest BCUT2D eigenvalue weighted by Crippen LogP contribution is 2.31. The Kier molecular flexibility index (Phi) is 4.94. The van der Waals surface area contributed by atoms with Crippen LogP contribution in [0.4, 0.5) is 5.69 Å². The first-order valence-corrected chi connectivity index (χ1v) is 7.40. The molecular formula is C15H23ClN2O. The van der Waals surface area contributed by atoms with E-state index in [1.807, 2.05) is 12.1 Å². The molecule has 1 fully saturated rings. The number of piperazine rings is 1. The van der Waals surface area contributed by atoms with Crippen LogP contribution in [0.2, 0.25) is 5.02 Å². The van der Waals surface area contributed by atoms with E-state index in [1.54, 1.807) is 7.11 Å². The fourth-order valence-corrected chi connectivity index (χ4v) is 2.84. The Balaban J connectivity index is 2.25. The van der Waals surface area contributed by atoms with Gasteiger partial charge >= 0.3 is 0 Å². The molecule has 0 aromatic heterocycles. The molecule has 3 nitrogen and oxygen atoms in total. The Morgan fingerprint density at radius 1 is 1.37 bits per heavy atom. The fraction of sp³-hybridized carbons (Fsp3) is 0.600. The van der Waals surface area contributed by atoms with Gasteiger partial charge < -0.3 is 15.0 Å². The molecule has 1 heterocycles. The molecule has 1 saturated heterocycles. The number of benzene rings is 1. The minimum atomic E-state index is 0.536. The van der Waals surface area contributed by atoms with Crippen LogP contribution in [0.5, 0.6) is 5.75 Å². The van der Waals surface area contributed by atoms with E-state index in [4.69, 9.17) is 16.3 Å². The van der Waals surface area contributed by atoms with Gasteiger partial charge in [0.2, 0.25) is 0 Å². The van der Waals surface area contributed by atoms with Crippen molar-refractivity contribution in [1.82, 2.24) is 5.32 Å². The lowest BCUT2D eigenvalue weighted by atomic mass is 10.0. The number of methoxy groups -OCH3 is 1. The smallest absolute Gasteiger partial charge is 0.139 e. The van der Waals surface area contributed by atoms with Gasteiger partial charge in [0.1, 0.15) is 5.75 Å². The molecule has 19 heavy (non-hydrogen) atoms. The van der Waals surface area contributed by atoms with Crippen LogP contribution < -0.4 is 15.0 Å². The van der Waals surface area contributed by atoms with Gasteiger partial charge in [-0.25, -0.2) is 0 Å². The number of ether oxygens (including phenoxy) is 1. The predicted octanol–water partition coefficient (Wildman–Crippen LogP) is 3.32. The minimum Gasteiger partial charge on any atom is -0.495 e. The van der Waals surface area contributed by atoms with Gasteiger partial charge in [-0.3, -0.25) is 0 Å². The zero-order valence-electron chi connectivity index (χ0n) is 11.9. The molecule has 2 unspecified atom stereocenters. The molecular weight excluding hydrogens is 260 g/mol. The Morgan fingerprint density at radius 2 is 2.16 bits per heavy atom. The van der Waals surface area contributed by atoms with E-state index in [9.17, 15) is 0 Å². The lowest BCUT2D eigenvalue weighted by Gasteiger charge is -2.41. The zero-order valence-corrected chi connectivity index (χ0v) is 12.7. The normalized spacial score (nSPS) is 23.5. The van der Waals surface area contributed by atoms with Crippen LogP contribution in [-0.4, -0.2) is 32.3 Å². The zero-order chi connectivity index (χ0) is 13.8. The largest absolute Gasteiger partial charge is 0.495 e. The fourth-order valence-electron chi connectivity index (χ4n) is 2.65. The third kappa shape index (κ3) is 3.15. The van der Waals surface area contributed by atoms with Crippen molar-refractivity contribution < 1.29 is 4.74 Å². The van der Waals surface area contributed by atoms with Crippen molar-refractivity contribution in [3.05, 3.63) is 23.2 Å². The third-order valence-corrected chi connectivity index (χ3v) is 4.24. The SMILES string of the molecule is CCC1CN(c2ccc(Cl)c(OC)c2)C(CC)CN1. The van der Waals surface area contributed by atoms with Crippen molar-refractivity contribution in [2.45, 2.75) is 38.8 Å². The Hall–Kier alpha value is -0.930. The molecule has 106 valence electrons. The molecule has 0 amide bonds. The number of nitrogens with one attached hydrogen (secondary N) is 1. The van der Waals surface area contributed by atoms with Crippen LogP contribution in [0.3, 0.4) is 0 Å². The summed E-state index contributed by atoms with van der Waals surface area (Å²) in [5.41, 5.74) is 1.20. The first-order chi connectivity index (χ1) is 9.19. The third-order valence-electron chi connectivity index (χ3n) is 3.93. The topological polar surface area (TPSA) is 24.5 Å². The molecule has 1 aliphatic heterocycles. The van der Waals surface area contributed by atoms with E-state index in [-0.39, 0.29) is 0 Å². The molecule has 0 saturated carbocycles. The van der Waals surface area contributed by atoms with Crippen molar-refractivity contribution in [3.63, 3.8) is 0 Å². The highest BCUT2D eigenvalue weighted by molar-refractivity contribution is 6.32. The summed E-state index contributed by atoms with van der Waals surface area (Å²) in [6.07, 6.45) is 2.28. The van der Waals surface area contributed by atoms with Crippen LogP contribution in [-0.2, 0) is 0 Å². The van der Waals surface area contributed by atoms with Gasteiger partial charge in [0, 0.05) is 36.9 Å². The van der Waals surface area contributed by atoms with Gasteiger partial charge in [0.05, 0.1) is 12.1 Å². The number of hydrogen-bond donors (Lipinski definition) is 1. The van der Waals surface area contributed by atoms with E-state index in [0.29, 0.717) is 17.1 Å². The molecule has 1 aromatic carbocycles. The van der Waals surface area contributed by atoms with Gasteiger partial charge in [-0.15, -0.1) is 0 Å². The van der Waals surface area contributed by atoms with E-state index >= 15 is 0 Å². The van der Waals surface area contributed by atoms with E-state index in [2.05, 4.69) is 30.1 Å². The van der Waals surface area contributed by atoms with Crippen molar-refractivity contribution in [1.29, 1.82) is 0 Å². The average Bonchev–Trinajstić information content (AvgIpc) is 2.47. The predicted molar refractivity (Wildman–Crippen MR) is 81.5 cm³/mol. The highest BCUT2D eigenvalue weighted by atomic mass is 35.5. The lowest BCUT2D eigenvalue weighted by molar-refractivity contribution is 0.377. The molecule has 0 aliphatic carbocycles. The van der Waals surface area contributed by atoms with Crippen molar-refractivity contribution >= 4 is 17.3 Å². The number of rotatable bonds is 4. The van der Waals surface area contributed by atoms with E-state index < -0.39 is 0 Å². The van der Waals surface area contributed by atoms with Crippen molar-refractivity contribution in [2.24, 2.45) is 0 Å². The maximum Gasteiger partial charge on any atom is 0.139 e. The first kappa shape index (κ1) is 14.5. The van der Waals surface area contributed by atoms with Crippen LogP contribution in [0.1, 0.15) is 26.7 Å². The van der Waals surface area contributed by atoms with Crippen LogP contribution in [0.15, 0.2) is 18.2 Å². The Labute approximate surface area is 120 Å². The summed E-state index contributed by atoms with van der Waals surface area (Å²) in [4.78, 5) is 2.48. The Morgan fingerprint density at radius 3 is 2.79 bits per heavy atom.